The number of nitrogens with two attached hydrogens (primary N) is 1. The molecule has 0 spiro atoms. The second-order valence-corrected chi connectivity index (χ2v) is 8.88. The molecule has 9 nitrogen and oxygen atoms in total. The lowest BCUT2D eigenvalue weighted by atomic mass is 9.99. The van der Waals surface area contributed by atoms with Crippen molar-refractivity contribution in [2.24, 2.45) is 11.7 Å². The van der Waals surface area contributed by atoms with E-state index in [4.69, 9.17) is 19.9 Å². The van der Waals surface area contributed by atoms with Crippen LogP contribution in [0.15, 0.2) is 66.7 Å². The number of carbonyl (C=O) groups excluding carboxylic acids is 3. The number of Topliss-reactive ketones (excluding diaryl/α,β-unsaturated/α-hetero) is 1. The molecule has 4 N–H and O–H groups in total. The van der Waals surface area contributed by atoms with Gasteiger partial charge in [-0.2, -0.15) is 0 Å². The smallest absolute Gasteiger partial charge is 0.311 e. The third kappa shape index (κ3) is 9.13. The molecular formula is C28H33NO8. The SMILES string of the molecule is NC(=O)c1ccc(OC(=O)CCC/C=C/C[C@H]2C(=O)C[C@@H](O)[C@@H]2OCC(O)COc2ccccc2)cc1. The maximum atomic E-state index is 12.3. The summed E-state index contributed by atoms with van der Waals surface area (Å²) in [5, 5.41) is 20.4. The number of para-hydroxylation sites is 1. The lowest BCUT2D eigenvalue weighted by Gasteiger charge is -2.22. The summed E-state index contributed by atoms with van der Waals surface area (Å²) in [6.45, 7) is -0.0259. The van der Waals surface area contributed by atoms with Crippen molar-refractivity contribution in [2.75, 3.05) is 13.2 Å². The molecule has 0 aromatic heterocycles. The summed E-state index contributed by atoms with van der Waals surface area (Å²) in [4.78, 5) is 35.4. The number of ketones is 1. The van der Waals surface area contributed by atoms with Crippen LogP contribution in [0.3, 0.4) is 0 Å². The van der Waals surface area contributed by atoms with E-state index in [1.54, 1.807) is 12.1 Å². The second-order valence-electron chi connectivity index (χ2n) is 8.88. The number of benzene rings is 2. The number of hydrogen-bond donors (Lipinski definition) is 3. The molecule has 1 amide bonds. The van der Waals surface area contributed by atoms with E-state index in [0.29, 0.717) is 36.3 Å². The van der Waals surface area contributed by atoms with Crippen molar-refractivity contribution < 1.29 is 38.8 Å². The molecule has 0 heterocycles. The highest BCUT2D eigenvalue weighted by atomic mass is 16.5. The van der Waals surface area contributed by atoms with Gasteiger partial charge in [-0.25, -0.2) is 0 Å². The van der Waals surface area contributed by atoms with Crippen LogP contribution in [0.2, 0.25) is 0 Å². The van der Waals surface area contributed by atoms with Crippen molar-refractivity contribution >= 4 is 17.7 Å². The Morgan fingerprint density at radius 3 is 2.46 bits per heavy atom. The van der Waals surface area contributed by atoms with Crippen molar-refractivity contribution in [2.45, 2.75) is 50.4 Å². The lowest BCUT2D eigenvalue weighted by Crippen LogP contribution is -2.34. The first-order valence-corrected chi connectivity index (χ1v) is 12.3. The molecule has 37 heavy (non-hydrogen) atoms. The average molecular weight is 512 g/mol. The van der Waals surface area contributed by atoms with Gasteiger partial charge in [-0.15, -0.1) is 0 Å². The van der Waals surface area contributed by atoms with Gasteiger partial charge in [-0.1, -0.05) is 30.4 Å². The molecule has 0 saturated heterocycles. The molecule has 2 aromatic rings. The van der Waals surface area contributed by atoms with E-state index in [9.17, 15) is 24.6 Å². The highest BCUT2D eigenvalue weighted by Crippen LogP contribution is 2.29. The fourth-order valence-corrected chi connectivity index (χ4v) is 3.99. The first kappa shape index (κ1) is 28.0. The Bertz CT molecular complexity index is 1050. The number of unbranched alkanes of at least 4 members (excludes halogenated alkanes) is 1. The van der Waals surface area contributed by atoms with Crippen LogP contribution in [-0.2, 0) is 14.3 Å². The van der Waals surface area contributed by atoms with Gasteiger partial charge in [-0.3, -0.25) is 14.4 Å². The summed E-state index contributed by atoms with van der Waals surface area (Å²) >= 11 is 0. The lowest BCUT2D eigenvalue weighted by molar-refractivity contribution is -0.134. The molecule has 1 fully saturated rings. The molecular weight excluding hydrogens is 478 g/mol. The Labute approximate surface area is 215 Å². The van der Waals surface area contributed by atoms with E-state index >= 15 is 0 Å². The molecule has 1 saturated carbocycles. The van der Waals surface area contributed by atoms with E-state index in [0.717, 1.165) is 0 Å². The maximum absolute atomic E-state index is 12.3. The van der Waals surface area contributed by atoms with Gasteiger partial charge in [0.2, 0.25) is 5.91 Å². The molecule has 3 rings (SSSR count). The Hall–Kier alpha value is -3.53. The first-order valence-electron chi connectivity index (χ1n) is 12.3. The minimum absolute atomic E-state index is 0.0199. The summed E-state index contributed by atoms with van der Waals surface area (Å²) in [6.07, 6.45) is 3.01. The van der Waals surface area contributed by atoms with Crippen LogP contribution in [0.5, 0.6) is 11.5 Å². The minimum Gasteiger partial charge on any atom is -0.491 e. The molecule has 0 aliphatic heterocycles. The van der Waals surface area contributed by atoms with E-state index in [-0.39, 0.29) is 31.8 Å². The van der Waals surface area contributed by atoms with E-state index in [2.05, 4.69) is 0 Å². The number of esters is 1. The monoisotopic (exact) mass is 511 g/mol. The van der Waals surface area contributed by atoms with Gasteiger partial charge in [0.05, 0.1) is 18.8 Å². The molecule has 1 unspecified atom stereocenters. The highest BCUT2D eigenvalue weighted by molar-refractivity contribution is 5.92. The molecule has 9 heteroatoms. The summed E-state index contributed by atoms with van der Waals surface area (Å²) in [6, 6.07) is 15.1. The van der Waals surface area contributed by atoms with Crippen LogP contribution >= 0.6 is 0 Å². The Kier molecular flexibility index (Phi) is 10.8. The number of hydrogen-bond acceptors (Lipinski definition) is 8. The van der Waals surface area contributed by atoms with Crippen LogP contribution < -0.4 is 15.2 Å². The summed E-state index contributed by atoms with van der Waals surface area (Å²) in [5.74, 6) is -0.552. The number of aliphatic hydroxyl groups excluding tert-OH is 2. The van der Waals surface area contributed by atoms with Gasteiger partial charge in [0.25, 0.3) is 0 Å². The fraction of sp³-hybridized carbons (Fsp3) is 0.393. The van der Waals surface area contributed by atoms with Gasteiger partial charge in [0, 0.05) is 24.3 Å². The molecule has 198 valence electrons. The number of rotatable bonds is 14. The van der Waals surface area contributed by atoms with Crippen molar-refractivity contribution in [1.82, 2.24) is 0 Å². The predicted octanol–water partition coefficient (Wildman–Crippen LogP) is 2.58. The van der Waals surface area contributed by atoms with Gasteiger partial charge < -0.3 is 30.2 Å². The van der Waals surface area contributed by atoms with Crippen molar-refractivity contribution in [3.05, 3.63) is 72.3 Å². The zero-order valence-corrected chi connectivity index (χ0v) is 20.5. The van der Waals surface area contributed by atoms with Gasteiger partial charge in [0.15, 0.2) is 0 Å². The summed E-state index contributed by atoms with van der Waals surface area (Å²) in [7, 11) is 0. The number of allylic oxidation sites excluding steroid dienone is 2. The van der Waals surface area contributed by atoms with E-state index in [1.165, 1.54) is 24.3 Å². The van der Waals surface area contributed by atoms with Crippen LogP contribution in [-0.4, -0.2) is 59.4 Å². The van der Waals surface area contributed by atoms with E-state index < -0.39 is 36.1 Å². The Balaban J connectivity index is 1.35. The second kappa shape index (κ2) is 14.3. The molecule has 0 bridgehead atoms. The quantitative estimate of drug-likeness (QED) is 0.152. The number of carbonyl (C=O) groups is 3. The fourth-order valence-electron chi connectivity index (χ4n) is 3.99. The third-order valence-corrected chi connectivity index (χ3v) is 5.95. The van der Waals surface area contributed by atoms with Gasteiger partial charge in [0.1, 0.15) is 30.0 Å². The van der Waals surface area contributed by atoms with Gasteiger partial charge >= 0.3 is 5.97 Å². The molecule has 1 aliphatic carbocycles. The number of primary amides is 1. The zero-order valence-electron chi connectivity index (χ0n) is 20.5. The summed E-state index contributed by atoms with van der Waals surface area (Å²) < 4.78 is 16.4. The number of amides is 1. The first-order chi connectivity index (χ1) is 17.8. The zero-order chi connectivity index (χ0) is 26.6. The van der Waals surface area contributed by atoms with E-state index in [1.807, 2.05) is 30.4 Å². The van der Waals surface area contributed by atoms with Crippen LogP contribution in [0, 0.1) is 5.92 Å². The van der Waals surface area contributed by atoms with Crippen LogP contribution in [0.1, 0.15) is 42.5 Å². The van der Waals surface area contributed by atoms with Crippen molar-refractivity contribution in [3.8, 4) is 11.5 Å². The Morgan fingerprint density at radius 1 is 1.03 bits per heavy atom. The Morgan fingerprint density at radius 2 is 1.76 bits per heavy atom. The molecule has 2 aromatic carbocycles. The largest absolute Gasteiger partial charge is 0.491 e. The maximum Gasteiger partial charge on any atom is 0.311 e. The molecule has 4 atom stereocenters. The molecule has 1 aliphatic rings. The number of ether oxygens (including phenoxy) is 3. The van der Waals surface area contributed by atoms with Gasteiger partial charge in [-0.05, 0) is 55.7 Å². The number of aliphatic hydroxyl groups is 2. The van der Waals surface area contributed by atoms with Crippen LogP contribution in [0.4, 0.5) is 0 Å². The normalized spacial score (nSPS) is 20.2. The molecule has 0 radical (unpaired) electrons. The topological polar surface area (TPSA) is 145 Å². The van der Waals surface area contributed by atoms with Crippen LogP contribution in [0.25, 0.3) is 0 Å². The predicted molar refractivity (Wildman–Crippen MR) is 135 cm³/mol. The third-order valence-electron chi connectivity index (χ3n) is 5.95. The standard InChI is InChI=1S/C28H33NO8/c29-28(34)19-12-14-22(15-13-19)37-26(33)11-7-2-1-6-10-23-24(31)16-25(32)27(23)36-18-20(30)17-35-21-8-4-3-5-9-21/h1,3-6,8-9,12-15,20,23,25,27,30,32H,2,7,10-11,16-18H2,(H2,29,34)/b6-1+/t20?,23-,25+,27+/m0/s1. The van der Waals surface area contributed by atoms with Crippen molar-refractivity contribution in [1.29, 1.82) is 0 Å². The summed E-state index contributed by atoms with van der Waals surface area (Å²) in [5.41, 5.74) is 5.52. The minimum atomic E-state index is -0.917. The average Bonchev–Trinajstić information content (AvgIpc) is 3.16. The van der Waals surface area contributed by atoms with Crippen molar-refractivity contribution in [3.63, 3.8) is 0 Å². The highest BCUT2D eigenvalue weighted by Gasteiger charge is 2.41.